The Labute approximate surface area is 70.8 Å². The van der Waals surface area contributed by atoms with Crippen molar-refractivity contribution in [3.8, 4) is 11.5 Å². The smallest absolute Gasteiger partial charge is 0.129 e. The number of aliphatic hydroxyl groups excluding tert-OH is 1. The second-order valence-corrected chi connectivity index (χ2v) is 8.96. The van der Waals surface area contributed by atoms with Gasteiger partial charge >= 0.3 is 0 Å². The predicted octanol–water partition coefficient (Wildman–Crippen LogP) is 1.88. The molecule has 0 aromatic heterocycles. The summed E-state index contributed by atoms with van der Waals surface area (Å²) in [5.41, 5.74) is 3.14. The number of aliphatic hydroxyl groups is 1. The lowest BCUT2D eigenvalue weighted by atomic mass is 10.1. The molecule has 0 aliphatic heterocycles. The first kappa shape index (κ1) is 10.7. The molecule has 64 valence electrons. The van der Waals surface area contributed by atoms with Crippen LogP contribution in [0, 0.1) is 17.4 Å². The van der Waals surface area contributed by atoms with Crippen LogP contribution in [0.2, 0.25) is 19.6 Å². The monoisotopic (exact) mass is 170 g/mol. The maximum Gasteiger partial charge on any atom is 0.129 e. The van der Waals surface area contributed by atoms with Crippen LogP contribution in [0.1, 0.15) is 13.8 Å². The van der Waals surface area contributed by atoms with Crippen LogP contribution in [-0.2, 0) is 0 Å². The van der Waals surface area contributed by atoms with Gasteiger partial charge in [0.25, 0.3) is 0 Å². The van der Waals surface area contributed by atoms with Crippen LogP contribution in [0.5, 0.6) is 0 Å². The van der Waals surface area contributed by atoms with Crippen LogP contribution in [0.4, 0.5) is 0 Å². The Kier molecular flexibility index (Phi) is 3.84. The van der Waals surface area contributed by atoms with Crippen molar-refractivity contribution in [3.05, 3.63) is 0 Å². The molecule has 1 N–H and O–H groups in total. The second kappa shape index (κ2) is 3.94. The van der Waals surface area contributed by atoms with E-state index in [1.807, 2.05) is 13.8 Å². The Bertz CT molecular complexity index is 168. The van der Waals surface area contributed by atoms with Gasteiger partial charge in [-0.25, -0.2) is 0 Å². The van der Waals surface area contributed by atoms with Crippen molar-refractivity contribution in [1.29, 1.82) is 0 Å². The molecule has 1 nitrogen and oxygen atoms in total. The SMILES string of the molecule is CC(C)[C@@H](O)C#C[Si](C)(C)C. The lowest BCUT2D eigenvalue weighted by Crippen LogP contribution is -2.19. The third kappa shape index (κ3) is 6.15. The van der Waals surface area contributed by atoms with E-state index in [1.54, 1.807) is 0 Å². The Balaban J connectivity index is 4.08. The molecule has 0 radical (unpaired) electrons. The molecule has 0 aliphatic carbocycles. The van der Waals surface area contributed by atoms with E-state index >= 15 is 0 Å². The van der Waals surface area contributed by atoms with Gasteiger partial charge in [0.05, 0.1) is 0 Å². The van der Waals surface area contributed by atoms with Crippen LogP contribution in [0.3, 0.4) is 0 Å². The highest BCUT2D eigenvalue weighted by atomic mass is 28.3. The topological polar surface area (TPSA) is 20.2 Å². The summed E-state index contributed by atoms with van der Waals surface area (Å²) in [6.07, 6.45) is -0.443. The lowest BCUT2D eigenvalue weighted by molar-refractivity contribution is 0.181. The van der Waals surface area contributed by atoms with Crippen LogP contribution < -0.4 is 0 Å². The zero-order valence-electron chi connectivity index (χ0n) is 8.10. The number of hydrogen-bond acceptors (Lipinski definition) is 1. The molecule has 0 fully saturated rings. The quantitative estimate of drug-likeness (QED) is 0.470. The molecule has 0 heterocycles. The lowest BCUT2D eigenvalue weighted by Gasteiger charge is -2.08. The fraction of sp³-hybridized carbons (Fsp3) is 0.778. The number of rotatable bonds is 1. The molecule has 0 amide bonds. The van der Waals surface area contributed by atoms with Crippen molar-refractivity contribution in [2.45, 2.75) is 39.6 Å². The van der Waals surface area contributed by atoms with Crippen LogP contribution in [-0.4, -0.2) is 19.3 Å². The Hall–Kier alpha value is -0.263. The molecule has 0 aromatic carbocycles. The summed E-state index contributed by atoms with van der Waals surface area (Å²) in [7, 11) is -1.29. The standard InChI is InChI=1S/C9H18OSi/c1-8(2)9(10)6-7-11(3,4)5/h8-10H,1-5H3/t9-/m0/s1. The van der Waals surface area contributed by atoms with Crippen LogP contribution >= 0.6 is 0 Å². The largest absolute Gasteiger partial charge is 0.380 e. The minimum atomic E-state index is -1.29. The average Bonchev–Trinajstić information content (AvgIpc) is 1.80. The molecule has 0 unspecified atom stereocenters. The van der Waals surface area contributed by atoms with Crippen molar-refractivity contribution in [2.24, 2.45) is 5.92 Å². The predicted molar refractivity (Wildman–Crippen MR) is 52.0 cm³/mol. The van der Waals surface area contributed by atoms with E-state index in [-0.39, 0.29) is 5.92 Å². The maximum atomic E-state index is 9.34. The summed E-state index contributed by atoms with van der Waals surface area (Å²) in [5.74, 6) is 3.14. The van der Waals surface area contributed by atoms with Crippen molar-refractivity contribution >= 4 is 8.07 Å². The van der Waals surface area contributed by atoms with Gasteiger partial charge in [0.1, 0.15) is 14.2 Å². The molecule has 0 aliphatic rings. The third-order valence-corrected chi connectivity index (χ3v) is 2.12. The molecule has 0 aromatic rings. The Morgan fingerprint density at radius 1 is 1.18 bits per heavy atom. The molecular formula is C9H18OSi. The van der Waals surface area contributed by atoms with Crippen molar-refractivity contribution in [3.63, 3.8) is 0 Å². The van der Waals surface area contributed by atoms with Gasteiger partial charge in [-0.15, -0.1) is 5.54 Å². The first-order chi connectivity index (χ1) is 4.83. The van der Waals surface area contributed by atoms with Gasteiger partial charge < -0.3 is 5.11 Å². The van der Waals surface area contributed by atoms with E-state index in [9.17, 15) is 5.11 Å². The van der Waals surface area contributed by atoms with Crippen molar-refractivity contribution in [2.75, 3.05) is 0 Å². The highest BCUT2D eigenvalue weighted by Gasteiger charge is 2.09. The molecule has 0 saturated carbocycles. The Morgan fingerprint density at radius 2 is 1.64 bits per heavy atom. The highest BCUT2D eigenvalue weighted by molar-refractivity contribution is 6.83. The minimum Gasteiger partial charge on any atom is -0.380 e. The molecule has 0 rings (SSSR count). The summed E-state index contributed by atoms with van der Waals surface area (Å²) in [6, 6.07) is 0. The molecule has 1 atom stereocenters. The van der Waals surface area contributed by atoms with Gasteiger partial charge in [0.15, 0.2) is 0 Å². The summed E-state index contributed by atoms with van der Waals surface area (Å²) in [5, 5.41) is 9.34. The zero-order chi connectivity index (χ0) is 9.07. The van der Waals surface area contributed by atoms with Gasteiger partial charge in [-0.05, 0) is 5.92 Å². The van der Waals surface area contributed by atoms with Gasteiger partial charge in [-0.2, -0.15) is 0 Å². The fourth-order valence-electron chi connectivity index (χ4n) is 0.457. The fourth-order valence-corrected chi connectivity index (χ4v) is 1.04. The van der Waals surface area contributed by atoms with E-state index in [4.69, 9.17) is 0 Å². The van der Waals surface area contributed by atoms with E-state index in [0.717, 1.165) is 0 Å². The number of hydrogen-bond donors (Lipinski definition) is 1. The van der Waals surface area contributed by atoms with Gasteiger partial charge in [-0.1, -0.05) is 39.4 Å². The Morgan fingerprint density at radius 3 is 1.91 bits per heavy atom. The molecular weight excluding hydrogens is 152 g/mol. The van der Waals surface area contributed by atoms with Gasteiger partial charge in [0.2, 0.25) is 0 Å². The first-order valence-electron chi connectivity index (χ1n) is 4.03. The zero-order valence-corrected chi connectivity index (χ0v) is 9.10. The van der Waals surface area contributed by atoms with Crippen LogP contribution in [0.25, 0.3) is 0 Å². The minimum absolute atomic E-state index is 0.249. The molecule has 0 saturated heterocycles. The second-order valence-electron chi connectivity index (χ2n) is 4.21. The van der Waals surface area contributed by atoms with Crippen LogP contribution in [0.15, 0.2) is 0 Å². The van der Waals surface area contributed by atoms with Gasteiger partial charge in [-0.3, -0.25) is 0 Å². The van der Waals surface area contributed by atoms with E-state index in [0.29, 0.717) is 0 Å². The maximum absolute atomic E-state index is 9.34. The van der Waals surface area contributed by atoms with Gasteiger partial charge in [0, 0.05) is 0 Å². The average molecular weight is 170 g/mol. The first-order valence-corrected chi connectivity index (χ1v) is 7.53. The normalized spacial score (nSPS) is 14.1. The summed E-state index contributed by atoms with van der Waals surface area (Å²) < 4.78 is 0. The van der Waals surface area contributed by atoms with E-state index < -0.39 is 14.2 Å². The third-order valence-electron chi connectivity index (χ3n) is 1.23. The summed E-state index contributed by atoms with van der Waals surface area (Å²) in [4.78, 5) is 0. The summed E-state index contributed by atoms with van der Waals surface area (Å²) in [6.45, 7) is 10.5. The van der Waals surface area contributed by atoms with Crippen molar-refractivity contribution < 1.29 is 5.11 Å². The molecule has 0 spiro atoms. The summed E-state index contributed by atoms with van der Waals surface area (Å²) >= 11 is 0. The van der Waals surface area contributed by atoms with E-state index in [1.165, 1.54) is 0 Å². The highest BCUT2D eigenvalue weighted by Crippen LogP contribution is 2.01. The molecule has 0 bridgehead atoms. The van der Waals surface area contributed by atoms with E-state index in [2.05, 4.69) is 31.1 Å². The van der Waals surface area contributed by atoms with Crippen molar-refractivity contribution in [1.82, 2.24) is 0 Å². The molecule has 11 heavy (non-hydrogen) atoms. The molecule has 2 heteroatoms.